The van der Waals surface area contributed by atoms with Gasteiger partial charge in [-0.3, -0.25) is 0 Å². The van der Waals surface area contributed by atoms with Crippen LogP contribution in [0.25, 0.3) is 55.6 Å². The normalized spacial score (nSPS) is 15.5. The minimum absolute atomic E-state index is 0.0934. The maximum absolute atomic E-state index is 2.56. The van der Waals surface area contributed by atoms with Crippen molar-refractivity contribution >= 4 is 17.1 Å². The third kappa shape index (κ3) is 4.71. The highest BCUT2D eigenvalue weighted by atomic mass is 15.1. The monoisotopic (exact) mass is 745 g/mol. The van der Waals surface area contributed by atoms with Crippen LogP contribution in [0, 0.1) is 0 Å². The molecule has 0 bridgehead atoms. The Balaban J connectivity index is 1.18. The summed E-state index contributed by atoms with van der Waals surface area (Å²) in [4.78, 5) is 2.56. The predicted octanol–water partition coefficient (Wildman–Crippen LogP) is 15.4. The molecular formula is C57H47N. The Kier molecular flexibility index (Phi) is 7.36. The van der Waals surface area contributed by atoms with Gasteiger partial charge >= 0.3 is 0 Å². The van der Waals surface area contributed by atoms with Gasteiger partial charge in [-0.15, -0.1) is 0 Å². The third-order valence-corrected chi connectivity index (χ3v) is 13.9. The van der Waals surface area contributed by atoms with Crippen LogP contribution in [-0.4, -0.2) is 0 Å². The van der Waals surface area contributed by atoms with Crippen molar-refractivity contribution in [3.05, 3.63) is 209 Å². The van der Waals surface area contributed by atoms with Crippen molar-refractivity contribution < 1.29 is 0 Å². The minimum atomic E-state index is -0.129. The zero-order chi connectivity index (χ0) is 39.6. The Morgan fingerprint density at radius 2 is 0.759 bits per heavy atom. The van der Waals surface area contributed by atoms with Gasteiger partial charge in [-0.2, -0.15) is 0 Å². The molecule has 1 nitrogen and oxygen atoms in total. The molecule has 0 aliphatic heterocycles. The summed E-state index contributed by atoms with van der Waals surface area (Å²) >= 11 is 0. The van der Waals surface area contributed by atoms with E-state index in [4.69, 9.17) is 0 Å². The fourth-order valence-electron chi connectivity index (χ4n) is 11.1. The molecule has 8 aromatic rings. The lowest BCUT2D eigenvalue weighted by Crippen LogP contribution is -2.17. The van der Waals surface area contributed by atoms with E-state index in [2.05, 4.69) is 222 Å². The Morgan fingerprint density at radius 1 is 0.310 bits per heavy atom. The lowest BCUT2D eigenvalue weighted by molar-refractivity contribution is 0.660. The smallest absolute Gasteiger partial charge is 0.0543 e. The van der Waals surface area contributed by atoms with E-state index in [1.807, 2.05) is 0 Å². The van der Waals surface area contributed by atoms with Crippen molar-refractivity contribution in [1.82, 2.24) is 0 Å². The standard InChI is InChI=1S/C57H47N/c1-55(2)46-29-12-8-23-43(46)52-41(26-17-31-48(52)55)40-22-10-14-33-50(40)58(51-34-18-32-49-53(51)44-24-9-13-30-47(44)56(49,3)4)37-20-15-19-36(35-37)38-25-16-27-42-39-21-7-11-28-45(39)57(5,6)54(38)42/h7-35H,1-6H3. The molecule has 0 spiro atoms. The second-order valence-corrected chi connectivity index (χ2v) is 18.1. The maximum atomic E-state index is 2.56. The zero-order valence-electron chi connectivity index (χ0n) is 34.2. The average molecular weight is 746 g/mol. The maximum Gasteiger partial charge on any atom is 0.0543 e. The molecule has 3 aliphatic rings. The molecule has 1 heteroatoms. The fourth-order valence-corrected chi connectivity index (χ4v) is 11.1. The van der Waals surface area contributed by atoms with Gasteiger partial charge in [0.1, 0.15) is 0 Å². The van der Waals surface area contributed by atoms with Crippen LogP contribution in [0.1, 0.15) is 74.9 Å². The van der Waals surface area contributed by atoms with Gasteiger partial charge in [-0.05, 0) is 102 Å². The van der Waals surface area contributed by atoms with Crippen LogP contribution >= 0.6 is 0 Å². The number of fused-ring (bicyclic) bond motifs is 9. The molecule has 0 atom stereocenters. The first-order chi connectivity index (χ1) is 28.1. The number of para-hydroxylation sites is 1. The summed E-state index contributed by atoms with van der Waals surface area (Å²) < 4.78 is 0. The van der Waals surface area contributed by atoms with Gasteiger partial charge in [0, 0.05) is 33.1 Å². The van der Waals surface area contributed by atoms with Crippen LogP contribution in [0.3, 0.4) is 0 Å². The number of hydrogen-bond acceptors (Lipinski definition) is 1. The second-order valence-electron chi connectivity index (χ2n) is 18.1. The van der Waals surface area contributed by atoms with Gasteiger partial charge in [0.25, 0.3) is 0 Å². The topological polar surface area (TPSA) is 3.24 Å². The molecular weight excluding hydrogens is 699 g/mol. The lowest BCUT2D eigenvalue weighted by Gasteiger charge is -2.31. The van der Waals surface area contributed by atoms with E-state index in [9.17, 15) is 0 Å². The number of rotatable bonds is 5. The van der Waals surface area contributed by atoms with Crippen molar-refractivity contribution in [2.24, 2.45) is 0 Å². The van der Waals surface area contributed by atoms with E-state index in [0.717, 1.165) is 11.4 Å². The van der Waals surface area contributed by atoms with E-state index in [1.165, 1.54) is 94.7 Å². The summed E-state index contributed by atoms with van der Waals surface area (Å²) in [6.07, 6.45) is 0. The van der Waals surface area contributed by atoms with Gasteiger partial charge in [0.05, 0.1) is 11.4 Å². The Morgan fingerprint density at radius 3 is 1.47 bits per heavy atom. The van der Waals surface area contributed by atoms with Crippen LogP contribution in [0.15, 0.2) is 176 Å². The van der Waals surface area contributed by atoms with Crippen molar-refractivity contribution in [2.45, 2.75) is 57.8 Å². The van der Waals surface area contributed by atoms with Crippen molar-refractivity contribution in [1.29, 1.82) is 0 Å². The summed E-state index contributed by atoms with van der Waals surface area (Å²) in [5.41, 5.74) is 24.4. The van der Waals surface area contributed by atoms with Gasteiger partial charge in [-0.1, -0.05) is 193 Å². The first kappa shape index (κ1) is 34.8. The molecule has 8 aromatic carbocycles. The Labute approximate surface area is 343 Å². The van der Waals surface area contributed by atoms with Crippen LogP contribution in [0.4, 0.5) is 17.1 Å². The number of benzene rings is 8. The summed E-state index contributed by atoms with van der Waals surface area (Å²) in [6, 6.07) is 66.1. The molecule has 0 heterocycles. The number of nitrogens with zero attached hydrogens (tertiary/aromatic N) is 1. The fraction of sp³-hybridized carbons (Fsp3) is 0.158. The summed E-state index contributed by atoms with van der Waals surface area (Å²) in [7, 11) is 0. The lowest BCUT2D eigenvalue weighted by atomic mass is 9.79. The molecule has 0 amide bonds. The summed E-state index contributed by atoms with van der Waals surface area (Å²) in [5.74, 6) is 0. The molecule has 0 unspecified atom stereocenters. The largest absolute Gasteiger partial charge is 0.309 e. The second kappa shape index (κ2) is 12.3. The molecule has 0 N–H and O–H groups in total. The Hall–Kier alpha value is -6.44. The molecule has 0 fully saturated rings. The van der Waals surface area contributed by atoms with Gasteiger partial charge < -0.3 is 4.90 Å². The summed E-state index contributed by atoms with van der Waals surface area (Å²) in [5, 5.41) is 0. The highest BCUT2D eigenvalue weighted by molar-refractivity contribution is 6.02. The molecule has 280 valence electrons. The zero-order valence-corrected chi connectivity index (χ0v) is 34.2. The number of anilines is 3. The van der Waals surface area contributed by atoms with Crippen LogP contribution in [-0.2, 0) is 16.2 Å². The molecule has 3 aliphatic carbocycles. The van der Waals surface area contributed by atoms with Gasteiger partial charge in [0.15, 0.2) is 0 Å². The quantitative estimate of drug-likeness (QED) is 0.170. The van der Waals surface area contributed by atoms with E-state index < -0.39 is 0 Å². The third-order valence-electron chi connectivity index (χ3n) is 13.9. The van der Waals surface area contributed by atoms with Crippen LogP contribution < -0.4 is 4.90 Å². The van der Waals surface area contributed by atoms with Crippen LogP contribution in [0.5, 0.6) is 0 Å². The molecule has 11 rings (SSSR count). The summed E-state index contributed by atoms with van der Waals surface area (Å²) in [6.45, 7) is 14.3. The highest BCUT2D eigenvalue weighted by Gasteiger charge is 2.40. The Bertz CT molecular complexity index is 2990. The first-order valence-electron chi connectivity index (χ1n) is 20.8. The van der Waals surface area contributed by atoms with Gasteiger partial charge in [-0.25, -0.2) is 0 Å². The van der Waals surface area contributed by atoms with Crippen LogP contribution in [0.2, 0.25) is 0 Å². The van der Waals surface area contributed by atoms with Crippen molar-refractivity contribution in [3.63, 3.8) is 0 Å². The molecule has 0 saturated heterocycles. The van der Waals surface area contributed by atoms with E-state index in [1.54, 1.807) is 0 Å². The minimum Gasteiger partial charge on any atom is -0.309 e. The molecule has 0 radical (unpaired) electrons. The SMILES string of the molecule is CC1(C)c2ccccc2-c2c(-c3ccccc3N(c3cccc(-c4cccc5c4C(C)(C)c4ccccc4-5)c3)c3cccc4c3-c3ccccc3C4(C)C)cccc21. The first-order valence-corrected chi connectivity index (χ1v) is 20.8. The average Bonchev–Trinajstić information content (AvgIpc) is 3.75. The molecule has 0 saturated carbocycles. The molecule has 58 heavy (non-hydrogen) atoms. The van der Waals surface area contributed by atoms with Crippen molar-refractivity contribution in [3.8, 4) is 55.6 Å². The highest BCUT2D eigenvalue weighted by Crippen LogP contribution is 2.58. The number of hydrogen-bond donors (Lipinski definition) is 0. The predicted molar refractivity (Wildman–Crippen MR) is 245 cm³/mol. The molecule has 0 aromatic heterocycles. The van der Waals surface area contributed by atoms with E-state index >= 15 is 0 Å². The van der Waals surface area contributed by atoms with Gasteiger partial charge in [0.2, 0.25) is 0 Å². The van der Waals surface area contributed by atoms with E-state index in [-0.39, 0.29) is 16.2 Å². The van der Waals surface area contributed by atoms with E-state index in [0.29, 0.717) is 0 Å². The van der Waals surface area contributed by atoms with Crippen molar-refractivity contribution in [2.75, 3.05) is 4.90 Å².